The average Bonchev–Trinajstić information content (AvgIpc) is 3.02. The lowest BCUT2D eigenvalue weighted by Gasteiger charge is -2.31. The first-order chi connectivity index (χ1) is 13.3. The third-order valence-electron chi connectivity index (χ3n) is 4.49. The fraction of sp³-hybridized carbons (Fsp3) is 0.222. The number of hydrogen-bond acceptors (Lipinski definition) is 5. The van der Waals surface area contributed by atoms with E-state index in [0.717, 1.165) is 17.4 Å². The van der Waals surface area contributed by atoms with Crippen LogP contribution in [0, 0.1) is 5.82 Å². The van der Waals surface area contributed by atoms with Crippen molar-refractivity contribution in [1.29, 1.82) is 0 Å². The molecule has 1 aromatic heterocycles. The summed E-state index contributed by atoms with van der Waals surface area (Å²) < 4.78 is 40.4. The summed E-state index contributed by atoms with van der Waals surface area (Å²) in [6, 6.07) is 13.3. The van der Waals surface area contributed by atoms with Crippen LogP contribution in [0.4, 0.5) is 16.3 Å². The van der Waals surface area contributed by atoms with Crippen molar-refractivity contribution in [2.24, 2.45) is 0 Å². The van der Waals surface area contributed by atoms with Crippen LogP contribution in [0.15, 0.2) is 48.5 Å². The zero-order valence-electron chi connectivity index (χ0n) is 14.8. The summed E-state index contributed by atoms with van der Waals surface area (Å²) in [6.07, 6.45) is 1.65. The maximum atomic E-state index is 13.4. The van der Waals surface area contributed by atoms with E-state index >= 15 is 0 Å². The van der Waals surface area contributed by atoms with E-state index in [9.17, 15) is 12.8 Å². The largest absolute Gasteiger partial charge is 0.347 e. The summed E-state index contributed by atoms with van der Waals surface area (Å²) >= 11 is 5.99. The van der Waals surface area contributed by atoms with Gasteiger partial charge >= 0.3 is 0 Å². The second-order valence-corrected chi connectivity index (χ2v) is 8.81. The Morgan fingerprint density at radius 3 is 2.43 bits per heavy atom. The molecule has 1 aliphatic rings. The highest BCUT2D eigenvalue weighted by molar-refractivity contribution is 7.91. The Balaban J connectivity index is 1.75. The molecule has 0 unspecified atom stereocenters. The van der Waals surface area contributed by atoms with Crippen molar-refractivity contribution in [2.45, 2.75) is 18.5 Å². The molecule has 0 bridgehead atoms. The van der Waals surface area contributed by atoms with E-state index in [4.69, 9.17) is 11.6 Å². The maximum absolute atomic E-state index is 13.4. The molecule has 0 saturated carbocycles. The predicted octanol–water partition coefficient (Wildman–Crippen LogP) is 3.59. The lowest BCUT2D eigenvalue weighted by molar-refractivity contribution is 0.431. The molecule has 146 valence electrons. The fourth-order valence-corrected chi connectivity index (χ4v) is 3.81. The van der Waals surface area contributed by atoms with Crippen LogP contribution in [0.25, 0.3) is 0 Å². The summed E-state index contributed by atoms with van der Waals surface area (Å²) in [4.78, 5) is 4.27. The second kappa shape index (κ2) is 7.06. The van der Waals surface area contributed by atoms with Gasteiger partial charge < -0.3 is 5.32 Å². The van der Waals surface area contributed by atoms with Crippen LogP contribution in [0.5, 0.6) is 0 Å². The number of benzene rings is 2. The van der Waals surface area contributed by atoms with Crippen molar-refractivity contribution < 1.29 is 12.8 Å². The minimum absolute atomic E-state index is 0.0196. The Morgan fingerprint density at radius 1 is 1.14 bits per heavy atom. The predicted molar refractivity (Wildman–Crippen MR) is 105 cm³/mol. The molecule has 0 fully saturated rings. The standard InChI is InChI=1S/C18H17ClFN5O2S/c1-28(26,27)24-17-22-18-21-15(11-2-6-13(19)7-3-11)10-16(25(18)23-17)12-4-8-14(20)9-5-12/h2-9,15-16H,10H2,1H3,(H2,21,22,23,24)/t15-,16-/m0/s1. The molecule has 0 aliphatic carbocycles. The molecule has 2 atom stereocenters. The number of nitrogens with zero attached hydrogens (tertiary/aromatic N) is 3. The van der Waals surface area contributed by atoms with Gasteiger partial charge in [0.05, 0.1) is 18.3 Å². The van der Waals surface area contributed by atoms with Crippen LogP contribution in [-0.4, -0.2) is 29.4 Å². The summed E-state index contributed by atoms with van der Waals surface area (Å²) in [7, 11) is -3.52. The maximum Gasteiger partial charge on any atom is 0.257 e. The lowest BCUT2D eigenvalue weighted by atomic mass is 9.93. The Hall–Kier alpha value is -2.65. The summed E-state index contributed by atoms with van der Waals surface area (Å²) in [5, 5.41) is 8.22. The molecule has 7 nitrogen and oxygen atoms in total. The molecule has 0 saturated heterocycles. The highest BCUT2D eigenvalue weighted by Gasteiger charge is 2.31. The van der Waals surface area contributed by atoms with Gasteiger partial charge in [0.1, 0.15) is 5.82 Å². The summed E-state index contributed by atoms with van der Waals surface area (Å²) in [6.45, 7) is 0. The fourth-order valence-electron chi connectivity index (χ4n) is 3.26. The third kappa shape index (κ3) is 3.95. The van der Waals surface area contributed by atoms with E-state index in [-0.39, 0.29) is 23.8 Å². The van der Waals surface area contributed by atoms with Crippen LogP contribution < -0.4 is 10.0 Å². The third-order valence-corrected chi connectivity index (χ3v) is 5.30. The molecule has 2 N–H and O–H groups in total. The minimum atomic E-state index is -3.52. The van der Waals surface area contributed by atoms with Gasteiger partial charge in [0, 0.05) is 5.02 Å². The molecule has 10 heteroatoms. The molecular formula is C18H17ClFN5O2S. The first kappa shape index (κ1) is 18.7. The molecule has 2 aromatic carbocycles. The van der Waals surface area contributed by atoms with E-state index in [1.165, 1.54) is 12.1 Å². The zero-order chi connectivity index (χ0) is 19.9. The van der Waals surface area contributed by atoms with E-state index in [0.29, 0.717) is 17.4 Å². The van der Waals surface area contributed by atoms with Gasteiger partial charge in [0.25, 0.3) is 5.95 Å². The van der Waals surface area contributed by atoms with Crippen molar-refractivity contribution in [3.8, 4) is 0 Å². The van der Waals surface area contributed by atoms with Crippen LogP contribution >= 0.6 is 11.6 Å². The van der Waals surface area contributed by atoms with Gasteiger partial charge in [-0.3, -0.25) is 4.72 Å². The topological polar surface area (TPSA) is 88.9 Å². The van der Waals surface area contributed by atoms with E-state index in [1.54, 1.807) is 28.9 Å². The molecule has 0 radical (unpaired) electrons. The van der Waals surface area contributed by atoms with Crippen molar-refractivity contribution in [1.82, 2.24) is 14.8 Å². The monoisotopic (exact) mass is 421 g/mol. The van der Waals surface area contributed by atoms with Crippen LogP contribution in [0.2, 0.25) is 5.02 Å². The van der Waals surface area contributed by atoms with Crippen molar-refractivity contribution >= 4 is 33.5 Å². The van der Waals surface area contributed by atoms with Crippen LogP contribution in [0.1, 0.15) is 29.6 Å². The van der Waals surface area contributed by atoms with Gasteiger partial charge in [0.2, 0.25) is 16.0 Å². The molecule has 28 heavy (non-hydrogen) atoms. The second-order valence-electron chi connectivity index (χ2n) is 6.63. The van der Waals surface area contributed by atoms with E-state index in [2.05, 4.69) is 20.1 Å². The van der Waals surface area contributed by atoms with Gasteiger partial charge in [-0.15, -0.1) is 5.10 Å². The highest BCUT2D eigenvalue weighted by atomic mass is 35.5. The first-order valence-corrected chi connectivity index (χ1v) is 10.8. The van der Waals surface area contributed by atoms with Gasteiger partial charge in [-0.2, -0.15) is 4.98 Å². The molecule has 1 aliphatic heterocycles. The number of nitrogens with one attached hydrogen (secondary N) is 2. The Labute approximate surface area is 166 Å². The number of halogens is 2. The average molecular weight is 422 g/mol. The number of rotatable bonds is 4. The number of hydrogen-bond donors (Lipinski definition) is 2. The smallest absolute Gasteiger partial charge is 0.257 e. The number of sulfonamides is 1. The Kier molecular flexibility index (Phi) is 4.72. The normalized spacial score (nSPS) is 19.0. The highest BCUT2D eigenvalue weighted by Crippen LogP contribution is 2.38. The van der Waals surface area contributed by atoms with Gasteiger partial charge in [0.15, 0.2) is 0 Å². The molecule has 2 heterocycles. The number of fused-ring (bicyclic) bond motifs is 1. The summed E-state index contributed by atoms with van der Waals surface area (Å²) in [5.41, 5.74) is 1.85. The van der Waals surface area contributed by atoms with Gasteiger partial charge in [-0.05, 0) is 41.8 Å². The van der Waals surface area contributed by atoms with E-state index < -0.39 is 10.0 Å². The SMILES string of the molecule is CS(=O)(=O)Nc1nc2n(n1)[C@H](c1ccc(F)cc1)C[C@@H](c1ccc(Cl)cc1)N2. The molecule has 0 amide bonds. The molecule has 0 spiro atoms. The molecular weight excluding hydrogens is 405 g/mol. The molecule has 4 rings (SSSR count). The van der Waals surface area contributed by atoms with Crippen LogP contribution in [0.3, 0.4) is 0 Å². The minimum Gasteiger partial charge on any atom is -0.347 e. The first-order valence-electron chi connectivity index (χ1n) is 8.50. The zero-order valence-corrected chi connectivity index (χ0v) is 16.4. The Morgan fingerprint density at radius 2 is 1.79 bits per heavy atom. The Bertz CT molecular complexity index is 1100. The van der Waals surface area contributed by atoms with Crippen molar-refractivity contribution in [3.63, 3.8) is 0 Å². The van der Waals surface area contributed by atoms with Crippen molar-refractivity contribution in [3.05, 3.63) is 70.5 Å². The van der Waals surface area contributed by atoms with Crippen molar-refractivity contribution in [2.75, 3.05) is 16.3 Å². The lowest BCUT2D eigenvalue weighted by Crippen LogP contribution is -2.28. The van der Waals surface area contributed by atoms with E-state index in [1.807, 2.05) is 12.1 Å². The molecule has 3 aromatic rings. The quantitative estimate of drug-likeness (QED) is 0.672. The summed E-state index contributed by atoms with van der Waals surface area (Å²) in [5.74, 6) is 0.0747. The number of anilines is 2. The van der Waals surface area contributed by atoms with Gasteiger partial charge in [-0.1, -0.05) is 35.9 Å². The van der Waals surface area contributed by atoms with Gasteiger partial charge in [-0.25, -0.2) is 17.5 Å². The van der Waals surface area contributed by atoms with Crippen LogP contribution in [-0.2, 0) is 10.0 Å². The number of aromatic nitrogens is 3.